The third-order valence-electron chi connectivity index (χ3n) is 8.33. The van der Waals surface area contributed by atoms with Crippen LogP contribution in [0.3, 0.4) is 0 Å². The molecule has 9 rings (SSSR count). The van der Waals surface area contributed by atoms with Gasteiger partial charge in [0.25, 0.3) is 0 Å². The summed E-state index contributed by atoms with van der Waals surface area (Å²) in [4.78, 5) is 9.39. The Morgan fingerprint density at radius 1 is 0.415 bits per heavy atom. The molecule has 2 aromatic heterocycles. The molecule has 41 heavy (non-hydrogen) atoms. The summed E-state index contributed by atoms with van der Waals surface area (Å²) in [6.45, 7) is 0. The van der Waals surface area contributed by atoms with E-state index in [-0.39, 0.29) is 0 Å². The molecule has 3 heteroatoms. The van der Waals surface area contributed by atoms with Crippen molar-refractivity contribution >= 4 is 74.9 Å². The van der Waals surface area contributed by atoms with Crippen LogP contribution in [0.1, 0.15) is 0 Å². The number of benzene rings is 7. The Morgan fingerprint density at radius 3 is 1.90 bits per heavy atom. The van der Waals surface area contributed by atoms with E-state index in [1.165, 1.54) is 64.0 Å². The summed E-state index contributed by atoms with van der Waals surface area (Å²) in [5.74, 6) is 0. The topological polar surface area (TPSA) is 25.8 Å². The minimum Gasteiger partial charge on any atom is -0.252 e. The molecule has 7 aromatic carbocycles. The molecule has 0 aliphatic carbocycles. The van der Waals surface area contributed by atoms with E-state index >= 15 is 0 Å². The van der Waals surface area contributed by atoms with Crippen molar-refractivity contribution in [3.05, 3.63) is 134 Å². The molecule has 0 aliphatic rings. The van der Waals surface area contributed by atoms with Gasteiger partial charge in [-0.25, -0.2) is 0 Å². The number of fused-ring (bicyclic) bond motifs is 10. The number of rotatable bonds is 2. The maximum Gasteiger partial charge on any atom is 0.0971 e. The fraction of sp³-hybridized carbons (Fsp3) is 0. The van der Waals surface area contributed by atoms with Crippen molar-refractivity contribution in [2.75, 3.05) is 0 Å². The normalized spacial score (nSPS) is 11.9. The smallest absolute Gasteiger partial charge is 0.0971 e. The van der Waals surface area contributed by atoms with Crippen molar-refractivity contribution < 1.29 is 0 Å². The molecule has 0 amide bonds. The number of nitrogens with zero attached hydrogens (tertiary/aromatic N) is 2. The average molecular weight is 539 g/mol. The van der Waals surface area contributed by atoms with Crippen molar-refractivity contribution in [3.8, 4) is 22.3 Å². The average Bonchev–Trinajstić information content (AvgIpc) is 3.43. The van der Waals surface area contributed by atoms with Crippen LogP contribution in [0.4, 0.5) is 0 Å². The molecular formula is C38H22N2S. The van der Waals surface area contributed by atoms with E-state index < -0.39 is 0 Å². The van der Waals surface area contributed by atoms with Crippen LogP contribution < -0.4 is 0 Å². The van der Waals surface area contributed by atoms with Crippen molar-refractivity contribution in [1.29, 1.82) is 0 Å². The Morgan fingerprint density at radius 2 is 1.05 bits per heavy atom. The summed E-state index contributed by atoms with van der Waals surface area (Å²) >= 11 is 1.88. The van der Waals surface area contributed by atoms with Gasteiger partial charge in [0.15, 0.2) is 0 Å². The summed E-state index contributed by atoms with van der Waals surface area (Å²) < 4.78 is 2.68. The van der Waals surface area contributed by atoms with E-state index in [4.69, 9.17) is 4.98 Å². The number of hydrogen-bond donors (Lipinski definition) is 0. The third kappa shape index (κ3) is 3.43. The van der Waals surface area contributed by atoms with E-state index in [0.29, 0.717) is 0 Å². The Labute approximate surface area is 240 Å². The maximum absolute atomic E-state index is 4.72. The Kier molecular flexibility index (Phi) is 4.80. The summed E-state index contributed by atoms with van der Waals surface area (Å²) in [7, 11) is 0. The fourth-order valence-electron chi connectivity index (χ4n) is 6.38. The van der Waals surface area contributed by atoms with Gasteiger partial charge in [0, 0.05) is 43.3 Å². The molecule has 0 spiro atoms. The van der Waals surface area contributed by atoms with Crippen molar-refractivity contribution in [1.82, 2.24) is 9.97 Å². The van der Waals surface area contributed by atoms with Crippen LogP contribution in [0.5, 0.6) is 0 Å². The van der Waals surface area contributed by atoms with Gasteiger partial charge in [-0.1, -0.05) is 97.1 Å². The SMILES string of the molecule is c1ccc2c(c1)sc1c(-c3ccc4ccc(-c5ccc6c(c5)c5ccccc5c5nccnc65)cc4c3)cccc12. The zero-order chi connectivity index (χ0) is 26.9. The van der Waals surface area contributed by atoms with Crippen molar-refractivity contribution in [2.45, 2.75) is 0 Å². The lowest BCUT2D eigenvalue weighted by molar-refractivity contribution is 1.31. The molecule has 0 bridgehead atoms. The van der Waals surface area contributed by atoms with E-state index in [9.17, 15) is 0 Å². The molecule has 190 valence electrons. The van der Waals surface area contributed by atoms with Gasteiger partial charge in [-0.2, -0.15) is 0 Å². The predicted molar refractivity (Wildman–Crippen MR) is 176 cm³/mol. The van der Waals surface area contributed by atoms with Crippen LogP contribution >= 0.6 is 11.3 Å². The highest BCUT2D eigenvalue weighted by Crippen LogP contribution is 2.41. The zero-order valence-electron chi connectivity index (χ0n) is 22.0. The highest BCUT2D eigenvalue weighted by Gasteiger charge is 2.13. The van der Waals surface area contributed by atoms with Crippen LogP contribution in [0.2, 0.25) is 0 Å². The lowest BCUT2D eigenvalue weighted by Gasteiger charge is -2.11. The van der Waals surface area contributed by atoms with Crippen LogP contribution in [0.25, 0.3) is 85.8 Å². The second-order valence-electron chi connectivity index (χ2n) is 10.6. The molecule has 0 fully saturated rings. The molecular weight excluding hydrogens is 516 g/mol. The Hall–Kier alpha value is -5.12. The van der Waals surface area contributed by atoms with Crippen molar-refractivity contribution in [3.63, 3.8) is 0 Å². The zero-order valence-corrected chi connectivity index (χ0v) is 22.8. The highest BCUT2D eigenvalue weighted by molar-refractivity contribution is 7.26. The first-order valence-electron chi connectivity index (χ1n) is 13.8. The minimum absolute atomic E-state index is 0.950. The molecule has 0 saturated heterocycles. The molecule has 0 unspecified atom stereocenters. The largest absolute Gasteiger partial charge is 0.252 e. The lowest BCUT2D eigenvalue weighted by atomic mass is 9.94. The number of aromatic nitrogens is 2. The Bertz CT molecular complexity index is 2450. The van der Waals surface area contributed by atoms with Gasteiger partial charge in [0.1, 0.15) is 0 Å². The predicted octanol–water partition coefficient (Wildman–Crippen LogP) is 10.8. The van der Waals surface area contributed by atoms with E-state index in [1.807, 2.05) is 11.3 Å². The number of hydrogen-bond acceptors (Lipinski definition) is 3. The lowest BCUT2D eigenvalue weighted by Crippen LogP contribution is -1.89. The summed E-state index contributed by atoms with van der Waals surface area (Å²) in [6.07, 6.45) is 3.56. The molecule has 2 nitrogen and oxygen atoms in total. The second kappa shape index (κ2) is 8.69. The van der Waals surface area contributed by atoms with Gasteiger partial charge in [-0.05, 0) is 68.1 Å². The van der Waals surface area contributed by atoms with Gasteiger partial charge in [-0.3, -0.25) is 9.97 Å². The van der Waals surface area contributed by atoms with E-state index in [1.54, 1.807) is 12.4 Å². The maximum atomic E-state index is 4.72. The molecule has 0 radical (unpaired) electrons. The molecule has 9 aromatic rings. The molecule has 0 N–H and O–H groups in total. The van der Waals surface area contributed by atoms with Crippen LogP contribution in [-0.2, 0) is 0 Å². The van der Waals surface area contributed by atoms with Crippen LogP contribution in [0, 0.1) is 0 Å². The molecule has 0 saturated carbocycles. The molecule has 2 heterocycles. The quantitative estimate of drug-likeness (QED) is 0.205. The van der Waals surface area contributed by atoms with E-state index in [0.717, 1.165) is 21.8 Å². The van der Waals surface area contributed by atoms with Crippen LogP contribution in [0.15, 0.2) is 134 Å². The number of thiophene rings is 1. The highest BCUT2D eigenvalue weighted by atomic mass is 32.1. The van der Waals surface area contributed by atoms with Crippen molar-refractivity contribution in [2.24, 2.45) is 0 Å². The first-order valence-corrected chi connectivity index (χ1v) is 14.6. The fourth-order valence-corrected chi connectivity index (χ4v) is 7.62. The first-order chi connectivity index (χ1) is 20.3. The van der Waals surface area contributed by atoms with Gasteiger partial charge in [0.05, 0.1) is 11.0 Å². The Balaban J connectivity index is 1.22. The minimum atomic E-state index is 0.950. The molecule has 0 atom stereocenters. The van der Waals surface area contributed by atoms with Gasteiger partial charge in [-0.15, -0.1) is 11.3 Å². The summed E-state index contributed by atoms with van der Waals surface area (Å²) in [5.41, 5.74) is 6.86. The van der Waals surface area contributed by atoms with Gasteiger partial charge < -0.3 is 0 Å². The van der Waals surface area contributed by atoms with E-state index in [2.05, 4.69) is 126 Å². The third-order valence-corrected chi connectivity index (χ3v) is 9.55. The monoisotopic (exact) mass is 538 g/mol. The summed E-state index contributed by atoms with van der Waals surface area (Å²) in [6, 6.07) is 44.3. The standard InChI is InChI=1S/C38H22N2S/c1-2-8-31-29(6-1)34-22-25(16-17-32(34)37-36(31)39-18-19-40-37)24-14-12-23-13-15-26(21-27(23)20-24)28-9-5-10-33-30-7-3-4-11-35(30)41-38(28)33/h1-22H. The van der Waals surface area contributed by atoms with Gasteiger partial charge >= 0.3 is 0 Å². The van der Waals surface area contributed by atoms with Crippen LogP contribution in [-0.4, -0.2) is 9.97 Å². The first kappa shape index (κ1) is 22.7. The molecule has 0 aliphatic heterocycles. The second-order valence-corrected chi connectivity index (χ2v) is 11.7. The van der Waals surface area contributed by atoms with Gasteiger partial charge in [0.2, 0.25) is 0 Å². The summed E-state index contributed by atoms with van der Waals surface area (Å²) in [5, 5.41) is 9.83.